The standard InChI is InChI=1S/C11H16BrN/c1-3-11(13-2)8-9-4-6-10(12)7-5-9/h4-7,11,13H,3,8H2,1-2H3. The molecule has 0 amide bonds. The van der Waals surface area contributed by atoms with Crippen LogP contribution < -0.4 is 5.32 Å². The molecule has 0 saturated carbocycles. The van der Waals surface area contributed by atoms with Crippen molar-refractivity contribution in [2.24, 2.45) is 0 Å². The molecular weight excluding hydrogens is 226 g/mol. The van der Waals surface area contributed by atoms with Gasteiger partial charge in [0, 0.05) is 10.5 Å². The predicted octanol–water partition coefficient (Wildman–Crippen LogP) is 2.99. The van der Waals surface area contributed by atoms with Crippen molar-refractivity contribution in [3.8, 4) is 0 Å². The molecule has 0 bridgehead atoms. The Morgan fingerprint density at radius 3 is 2.38 bits per heavy atom. The lowest BCUT2D eigenvalue weighted by Gasteiger charge is -2.13. The molecule has 0 aliphatic rings. The summed E-state index contributed by atoms with van der Waals surface area (Å²) in [6, 6.07) is 9.13. The van der Waals surface area contributed by atoms with Crippen LogP contribution in [-0.4, -0.2) is 13.1 Å². The molecule has 1 rings (SSSR count). The van der Waals surface area contributed by atoms with E-state index >= 15 is 0 Å². The Kier molecular flexibility index (Phi) is 4.46. The maximum Gasteiger partial charge on any atom is 0.0175 e. The number of benzene rings is 1. The van der Waals surface area contributed by atoms with Crippen molar-refractivity contribution < 1.29 is 0 Å². The fourth-order valence-corrected chi connectivity index (χ4v) is 1.62. The molecule has 2 heteroatoms. The number of hydrogen-bond donors (Lipinski definition) is 1. The number of hydrogen-bond acceptors (Lipinski definition) is 1. The number of nitrogens with one attached hydrogen (secondary N) is 1. The average Bonchev–Trinajstić information content (AvgIpc) is 2.17. The van der Waals surface area contributed by atoms with Gasteiger partial charge in [-0.1, -0.05) is 35.0 Å². The van der Waals surface area contributed by atoms with E-state index in [9.17, 15) is 0 Å². The summed E-state index contributed by atoms with van der Waals surface area (Å²) in [4.78, 5) is 0. The highest BCUT2D eigenvalue weighted by atomic mass is 79.9. The maximum atomic E-state index is 3.43. The first kappa shape index (κ1) is 10.7. The molecule has 1 aromatic carbocycles. The number of halogens is 1. The molecule has 13 heavy (non-hydrogen) atoms. The van der Waals surface area contributed by atoms with Crippen LogP contribution in [0.25, 0.3) is 0 Å². The topological polar surface area (TPSA) is 12.0 Å². The zero-order valence-electron chi connectivity index (χ0n) is 8.18. The van der Waals surface area contributed by atoms with E-state index in [0.717, 1.165) is 10.9 Å². The second-order valence-electron chi connectivity index (χ2n) is 3.22. The molecule has 0 radical (unpaired) electrons. The van der Waals surface area contributed by atoms with Crippen LogP contribution >= 0.6 is 15.9 Å². The largest absolute Gasteiger partial charge is 0.317 e. The molecule has 0 aliphatic heterocycles. The molecule has 0 heterocycles. The molecule has 0 spiro atoms. The Morgan fingerprint density at radius 2 is 1.92 bits per heavy atom. The molecule has 1 atom stereocenters. The monoisotopic (exact) mass is 241 g/mol. The fraction of sp³-hybridized carbons (Fsp3) is 0.455. The van der Waals surface area contributed by atoms with Gasteiger partial charge >= 0.3 is 0 Å². The molecule has 0 aliphatic carbocycles. The molecule has 72 valence electrons. The summed E-state index contributed by atoms with van der Waals surface area (Å²) in [5.41, 5.74) is 1.39. The van der Waals surface area contributed by atoms with Gasteiger partial charge in [0.1, 0.15) is 0 Å². The van der Waals surface area contributed by atoms with Crippen LogP contribution in [0.5, 0.6) is 0 Å². The van der Waals surface area contributed by atoms with Crippen LogP contribution in [0.4, 0.5) is 0 Å². The summed E-state index contributed by atoms with van der Waals surface area (Å²) in [6.45, 7) is 2.21. The maximum absolute atomic E-state index is 3.43. The smallest absolute Gasteiger partial charge is 0.0175 e. The molecule has 0 fully saturated rings. The van der Waals surface area contributed by atoms with Gasteiger partial charge in [-0.25, -0.2) is 0 Å². The van der Waals surface area contributed by atoms with Crippen molar-refractivity contribution in [3.05, 3.63) is 34.3 Å². The van der Waals surface area contributed by atoms with Crippen LogP contribution in [0.15, 0.2) is 28.7 Å². The molecule has 1 aromatic rings. The van der Waals surface area contributed by atoms with E-state index in [1.165, 1.54) is 12.0 Å². The van der Waals surface area contributed by atoms with Crippen molar-refractivity contribution in [1.29, 1.82) is 0 Å². The lowest BCUT2D eigenvalue weighted by molar-refractivity contribution is 0.543. The SMILES string of the molecule is CCC(Cc1ccc(Br)cc1)NC. The summed E-state index contributed by atoms with van der Waals surface area (Å²) < 4.78 is 1.15. The van der Waals surface area contributed by atoms with Gasteiger partial charge in [-0.15, -0.1) is 0 Å². The minimum Gasteiger partial charge on any atom is -0.317 e. The third-order valence-corrected chi connectivity index (χ3v) is 2.83. The first-order valence-corrected chi connectivity index (χ1v) is 5.47. The molecule has 1 N–H and O–H groups in total. The number of rotatable bonds is 4. The Balaban J connectivity index is 2.58. The van der Waals surface area contributed by atoms with Crippen LogP contribution in [0, 0.1) is 0 Å². The highest BCUT2D eigenvalue weighted by molar-refractivity contribution is 9.10. The van der Waals surface area contributed by atoms with Gasteiger partial charge in [0.25, 0.3) is 0 Å². The molecule has 0 aromatic heterocycles. The van der Waals surface area contributed by atoms with E-state index < -0.39 is 0 Å². The second kappa shape index (κ2) is 5.40. The van der Waals surface area contributed by atoms with E-state index in [0.29, 0.717) is 6.04 Å². The van der Waals surface area contributed by atoms with E-state index in [-0.39, 0.29) is 0 Å². The number of likely N-dealkylation sites (N-methyl/N-ethyl adjacent to an activating group) is 1. The first-order chi connectivity index (χ1) is 6.26. The zero-order valence-corrected chi connectivity index (χ0v) is 9.76. The van der Waals surface area contributed by atoms with Crippen molar-refractivity contribution in [1.82, 2.24) is 5.32 Å². The second-order valence-corrected chi connectivity index (χ2v) is 4.14. The normalized spacial score (nSPS) is 12.8. The molecular formula is C11H16BrN. The van der Waals surface area contributed by atoms with Crippen molar-refractivity contribution >= 4 is 15.9 Å². The Bertz CT molecular complexity index is 239. The van der Waals surface area contributed by atoms with Gasteiger partial charge < -0.3 is 5.32 Å². The summed E-state index contributed by atoms with van der Waals surface area (Å²) in [7, 11) is 2.02. The lowest BCUT2D eigenvalue weighted by atomic mass is 10.0. The van der Waals surface area contributed by atoms with Crippen molar-refractivity contribution in [3.63, 3.8) is 0 Å². The molecule has 1 unspecified atom stereocenters. The molecule has 0 saturated heterocycles. The van der Waals surface area contributed by atoms with Gasteiger partial charge in [-0.05, 0) is 37.6 Å². The van der Waals surface area contributed by atoms with Gasteiger partial charge in [0.15, 0.2) is 0 Å². The zero-order chi connectivity index (χ0) is 9.68. The van der Waals surface area contributed by atoms with Gasteiger partial charge in [-0.3, -0.25) is 0 Å². The van der Waals surface area contributed by atoms with Crippen LogP contribution in [-0.2, 0) is 6.42 Å². The van der Waals surface area contributed by atoms with E-state index in [1.54, 1.807) is 0 Å². The van der Waals surface area contributed by atoms with Gasteiger partial charge in [0.05, 0.1) is 0 Å². The van der Waals surface area contributed by atoms with Crippen molar-refractivity contribution in [2.45, 2.75) is 25.8 Å². The fourth-order valence-electron chi connectivity index (χ4n) is 1.36. The Labute approximate surface area is 88.7 Å². The Hall–Kier alpha value is -0.340. The third kappa shape index (κ3) is 3.49. The highest BCUT2D eigenvalue weighted by Crippen LogP contribution is 2.12. The first-order valence-electron chi connectivity index (χ1n) is 4.68. The molecule has 1 nitrogen and oxygen atoms in total. The van der Waals surface area contributed by atoms with E-state index in [2.05, 4.69) is 52.4 Å². The van der Waals surface area contributed by atoms with Gasteiger partial charge in [0.2, 0.25) is 0 Å². The van der Waals surface area contributed by atoms with Crippen LogP contribution in [0.2, 0.25) is 0 Å². The third-order valence-electron chi connectivity index (χ3n) is 2.30. The summed E-state index contributed by atoms with van der Waals surface area (Å²) in [5, 5.41) is 3.30. The minimum absolute atomic E-state index is 0.598. The van der Waals surface area contributed by atoms with Crippen molar-refractivity contribution in [2.75, 3.05) is 7.05 Å². The lowest BCUT2D eigenvalue weighted by Crippen LogP contribution is -2.26. The summed E-state index contributed by atoms with van der Waals surface area (Å²) in [6.07, 6.45) is 2.28. The quantitative estimate of drug-likeness (QED) is 0.855. The summed E-state index contributed by atoms with van der Waals surface area (Å²) in [5.74, 6) is 0. The van der Waals surface area contributed by atoms with E-state index in [1.807, 2.05) is 7.05 Å². The minimum atomic E-state index is 0.598. The average molecular weight is 242 g/mol. The predicted molar refractivity (Wildman–Crippen MR) is 61.0 cm³/mol. The van der Waals surface area contributed by atoms with Crippen LogP contribution in [0.3, 0.4) is 0 Å². The van der Waals surface area contributed by atoms with Gasteiger partial charge in [-0.2, -0.15) is 0 Å². The Morgan fingerprint density at radius 1 is 1.31 bits per heavy atom. The summed E-state index contributed by atoms with van der Waals surface area (Å²) >= 11 is 3.43. The highest BCUT2D eigenvalue weighted by Gasteiger charge is 2.03. The van der Waals surface area contributed by atoms with E-state index in [4.69, 9.17) is 0 Å². The van der Waals surface area contributed by atoms with Crippen LogP contribution in [0.1, 0.15) is 18.9 Å².